The fourth-order valence-electron chi connectivity index (χ4n) is 3.24. The van der Waals surface area contributed by atoms with Gasteiger partial charge >= 0.3 is 0 Å². The second-order valence-electron chi connectivity index (χ2n) is 7.59. The number of nitrogens with two attached hydrogens (primary N) is 1. The molecule has 7 heteroatoms. The van der Waals surface area contributed by atoms with Crippen molar-refractivity contribution in [2.45, 2.75) is 25.7 Å². The SMILES string of the molecule is NCCCCCC(=O)Nc1cc(C(=O)Nc2ccccc2)cc(C(=O)Nc2ccccc2)c1. The number of amides is 3. The Balaban J connectivity index is 1.80. The fraction of sp³-hybridized carbons (Fsp3) is 0.192. The van der Waals surface area contributed by atoms with E-state index in [1.165, 1.54) is 6.07 Å². The van der Waals surface area contributed by atoms with Crippen LogP contribution in [0.2, 0.25) is 0 Å². The number of para-hydroxylation sites is 2. The summed E-state index contributed by atoms with van der Waals surface area (Å²) in [5.74, 6) is -0.940. The number of benzene rings is 3. The minimum atomic E-state index is -0.381. The molecule has 0 unspecified atom stereocenters. The van der Waals surface area contributed by atoms with Crippen molar-refractivity contribution in [3.63, 3.8) is 0 Å². The van der Waals surface area contributed by atoms with Crippen molar-refractivity contribution in [3.8, 4) is 0 Å². The van der Waals surface area contributed by atoms with Gasteiger partial charge in [0.1, 0.15) is 0 Å². The number of carbonyl (C=O) groups excluding carboxylic acids is 3. The summed E-state index contributed by atoms with van der Waals surface area (Å²) < 4.78 is 0. The summed E-state index contributed by atoms with van der Waals surface area (Å²) in [6, 6.07) is 22.7. The number of unbranched alkanes of at least 4 members (excludes halogenated alkanes) is 2. The van der Waals surface area contributed by atoms with Crippen molar-refractivity contribution in [2.75, 3.05) is 22.5 Å². The lowest BCUT2D eigenvalue weighted by atomic mass is 10.1. The van der Waals surface area contributed by atoms with Gasteiger partial charge in [-0.2, -0.15) is 0 Å². The van der Waals surface area contributed by atoms with Crippen molar-refractivity contribution in [1.82, 2.24) is 0 Å². The highest BCUT2D eigenvalue weighted by Gasteiger charge is 2.15. The van der Waals surface area contributed by atoms with E-state index in [0.29, 0.717) is 30.0 Å². The first-order valence-electron chi connectivity index (χ1n) is 10.9. The molecule has 33 heavy (non-hydrogen) atoms. The van der Waals surface area contributed by atoms with Crippen LogP contribution in [0.5, 0.6) is 0 Å². The molecule has 5 N–H and O–H groups in total. The summed E-state index contributed by atoms with van der Waals surface area (Å²) in [6.07, 6.45) is 2.80. The Morgan fingerprint density at radius 2 is 1.12 bits per heavy atom. The Hall–Kier alpha value is -3.97. The van der Waals surface area contributed by atoms with Gasteiger partial charge in [-0.25, -0.2) is 0 Å². The van der Waals surface area contributed by atoms with Gasteiger partial charge in [-0.1, -0.05) is 42.8 Å². The third-order valence-electron chi connectivity index (χ3n) is 4.91. The number of carbonyl (C=O) groups is 3. The topological polar surface area (TPSA) is 113 Å². The van der Waals surface area contributed by atoms with Crippen LogP contribution in [0.3, 0.4) is 0 Å². The van der Waals surface area contributed by atoms with Gasteiger partial charge in [0.25, 0.3) is 11.8 Å². The average Bonchev–Trinajstić information content (AvgIpc) is 2.83. The first-order valence-corrected chi connectivity index (χ1v) is 10.9. The normalized spacial score (nSPS) is 10.3. The molecule has 0 saturated carbocycles. The van der Waals surface area contributed by atoms with Crippen LogP contribution in [0.1, 0.15) is 46.4 Å². The summed E-state index contributed by atoms with van der Waals surface area (Å²) >= 11 is 0. The number of rotatable bonds is 10. The van der Waals surface area contributed by atoms with E-state index in [1.807, 2.05) is 36.4 Å². The maximum Gasteiger partial charge on any atom is 0.255 e. The molecule has 0 aliphatic rings. The molecular weight excluding hydrogens is 416 g/mol. The first-order chi connectivity index (χ1) is 16.0. The van der Waals surface area contributed by atoms with Crippen LogP contribution in [-0.4, -0.2) is 24.3 Å². The molecule has 0 aliphatic carbocycles. The highest BCUT2D eigenvalue weighted by molar-refractivity contribution is 6.10. The van der Waals surface area contributed by atoms with Crippen LogP contribution in [0.15, 0.2) is 78.9 Å². The maximum atomic E-state index is 12.9. The van der Waals surface area contributed by atoms with Gasteiger partial charge < -0.3 is 21.7 Å². The van der Waals surface area contributed by atoms with E-state index in [4.69, 9.17) is 5.73 Å². The van der Waals surface area contributed by atoms with E-state index in [9.17, 15) is 14.4 Å². The molecule has 0 spiro atoms. The zero-order valence-corrected chi connectivity index (χ0v) is 18.3. The molecule has 170 valence electrons. The number of nitrogens with one attached hydrogen (secondary N) is 3. The molecule has 0 radical (unpaired) electrons. The summed E-state index contributed by atoms with van der Waals surface area (Å²) in [6.45, 7) is 0.597. The third-order valence-corrected chi connectivity index (χ3v) is 4.91. The minimum Gasteiger partial charge on any atom is -0.330 e. The molecule has 3 aromatic rings. The van der Waals surface area contributed by atoms with Crippen LogP contribution >= 0.6 is 0 Å². The molecule has 0 heterocycles. The van der Waals surface area contributed by atoms with Gasteiger partial charge in [-0.3, -0.25) is 14.4 Å². The quantitative estimate of drug-likeness (QED) is 0.341. The lowest BCUT2D eigenvalue weighted by molar-refractivity contribution is -0.116. The molecule has 3 amide bonds. The summed E-state index contributed by atoms with van der Waals surface area (Å²) in [5, 5.41) is 8.42. The fourth-order valence-corrected chi connectivity index (χ4v) is 3.24. The Morgan fingerprint density at radius 1 is 0.606 bits per heavy atom. The monoisotopic (exact) mass is 444 g/mol. The van der Waals surface area contributed by atoms with Crippen LogP contribution in [-0.2, 0) is 4.79 Å². The summed E-state index contributed by atoms with van der Waals surface area (Å²) in [7, 11) is 0. The van der Waals surface area contributed by atoms with Gasteiger partial charge in [0.05, 0.1) is 0 Å². The van der Waals surface area contributed by atoms with Crippen molar-refractivity contribution < 1.29 is 14.4 Å². The second-order valence-corrected chi connectivity index (χ2v) is 7.59. The van der Waals surface area contributed by atoms with Crippen molar-refractivity contribution in [1.29, 1.82) is 0 Å². The second kappa shape index (κ2) is 12.2. The van der Waals surface area contributed by atoms with Crippen molar-refractivity contribution in [2.24, 2.45) is 5.73 Å². The molecule has 0 aliphatic heterocycles. The van der Waals surface area contributed by atoms with E-state index in [1.54, 1.807) is 36.4 Å². The maximum absolute atomic E-state index is 12.9. The highest BCUT2D eigenvalue weighted by Crippen LogP contribution is 2.19. The largest absolute Gasteiger partial charge is 0.330 e. The Morgan fingerprint density at radius 3 is 1.61 bits per heavy atom. The van der Waals surface area contributed by atoms with Crippen LogP contribution in [0.4, 0.5) is 17.1 Å². The first kappa shape index (κ1) is 23.7. The van der Waals surface area contributed by atoms with Gasteiger partial charge in [0.15, 0.2) is 0 Å². The molecule has 0 bridgehead atoms. The lowest BCUT2D eigenvalue weighted by Gasteiger charge is -2.12. The molecule has 0 atom stereocenters. The molecule has 0 fully saturated rings. The molecule has 0 aromatic heterocycles. The van der Waals surface area contributed by atoms with Gasteiger partial charge in [-0.15, -0.1) is 0 Å². The third kappa shape index (κ3) is 7.59. The van der Waals surface area contributed by atoms with E-state index < -0.39 is 0 Å². The molecule has 3 aromatic carbocycles. The number of anilines is 3. The van der Waals surface area contributed by atoms with Gasteiger partial charge in [0, 0.05) is 34.6 Å². The molecule has 3 rings (SSSR count). The standard InChI is InChI=1S/C26H28N4O3/c27-15-9-3-8-14-24(31)28-23-17-19(25(32)29-21-10-4-1-5-11-21)16-20(18-23)26(33)30-22-12-6-2-7-13-22/h1-2,4-7,10-13,16-18H,3,8-9,14-15,27H2,(H,28,31)(H,29,32)(H,30,33). The average molecular weight is 445 g/mol. The van der Waals surface area contributed by atoms with Gasteiger partial charge in [-0.05, 0) is 61.9 Å². The highest BCUT2D eigenvalue weighted by atomic mass is 16.2. The lowest BCUT2D eigenvalue weighted by Crippen LogP contribution is -2.18. The van der Waals surface area contributed by atoms with E-state index >= 15 is 0 Å². The van der Waals surface area contributed by atoms with Crippen molar-refractivity contribution in [3.05, 3.63) is 90.0 Å². The van der Waals surface area contributed by atoms with Gasteiger partial charge in [0.2, 0.25) is 5.91 Å². The molecular formula is C26H28N4O3. The number of hydrogen-bond acceptors (Lipinski definition) is 4. The van der Waals surface area contributed by atoms with E-state index in [0.717, 1.165) is 19.3 Å². The zero-order chi connectivity index (χ0) is 23.5. The van der Waals surface area contributed by atoms with E-state index in [2.05, 4.69) is 16.0 Å². The molecule has 0 saturated heterocycles. The van der Waals surface area contributed by atoms with E-state index in [-0.39, 0.29) is 28.8 Å². The molecule has 7 nitrogen and oxygen atoms in total. The van der Waals surface area contributed by atoms with Crippen LogP contribution in [0.25, 0.3) is 0 Å². The summed E-state index contributed by atoms with van der Waals surface area (Å²) in [4.78, 5) is 38.1. The summed E-state index contributed by atoms with van der Waals surface area (Å²) in [5.41, 5.74) is 7.67. The number of hydrogen-bond donors (Lipinski definition) is 4. The Labute approximate surface area is 193 Å². The zero-order valence-electron chi connectivity index (χ0n) is 18.3. The predicted molar refractivity (Wildman–Crippen MR) is 131 cm³/mol. The van der Waals surface area contributed by atoms with Crippen LogP contribution in [0, 0.1) is 0 Å². The Kier molecular flexibility index (Phi) is 8.73. The Bertz CT molecular complexity index is 1010. The van der Waals surface area contributed by atoms with Crippen LogP contribution < -0.4 is 21.7 Å². The minimum absolute atomic E-state index is 0.179. The van der Waals surface area contributed by atoms with Crippen molar-refractivity contribution >= 4 is 34.8 Å². The smallest absolute Gasteiger partial charge is 0.255 e. The predicted octanol–water partition coefficient (Wildman–Crippen LogP) is 4.65.